The van der Waals surface area contributed by atoms with Crippen LogP contribution in [0.5, 0.6) is 0 Å². The molecule has 0 bridgehead atoms. The standard InChI is InChI=1S/C12H13N3O4/c1-13-10(16)7-15-12(19)9-4-8(5-14-6-9)2-3-11(17)18/h2-6H,7H2,1H3,(H,13,16)(H,15,19)(H,17,18). The van der Waals surface area contributed by atoms with Crippen LogP contribution in [0.2, 0.25) is 0 Å². The number of nitrogens with zero attached hydrogens (tertiary/aromatic N) is 1. The lowest BCUT2D eigenvalue weighted by molar-refractivity contribution is -0.131. The quantitative estimate of drug-likeness (QED) is 0.629. The first-order valence-corrected chi connectivity index (χ1v) is 5.37. The SMILES string of the molecule is CNC(=O)CNC(=O)c1cncc(C=CC(=O)O)c1. The van der Waals surface area contributed by atoms with Crippen molar-refractivity contribution in [3.63, 3.8) is 0 Å². The van der Waals surface area contributed by atoms with Crippen LogP contribution in [0.1, 0.15) is 15.9 Å². The van der Waals surface area contributed by atoms with Gasteiger partial charge >= 0.3 is 5.97 Å². The third-order valence-electron chi connectivity index (χ3n) is 2.13. The maximum absolute atomic E-state index is 11.7. The van der Waals surface area contributed by atoms with Gasteiger partial charge in [0.05, 0.1) is 12.1 Å². The van der Waals surface area contributed by atoms with Crippen LogP contribution in [0.3, 0.4) is 0 Å². The highest BCUT2D eigenvalue weighted by molar-refractivity contribution is 5.96. The third kappa shape index (κ3) is 4.99. The van der Waals surface area contributed by atoms with Gasteiger partial charge in [0.25, 0.3) is 5.91 Å². The van der Waals surface area contributed by atoms with Crippen molar-refractivity contribution < 1.29 is 19.5 Å². The molecule has 7 heteroatoms. The Morgan fingerprint density at radius 1 is 1.37 bits per heavy atom. The highest BCUT2D eigenvalue weighted by atomic mass is 16.4. The van der Waals surface area contributed by atoms with E-state index >= 15 is 0 Å². The fourth-order valence-electron chi connectivity index (χ4n) is 1.19. The minimum atomic E-state index is -1.09. The normalized spacial score (nSPS) is 10.2. The monoisotopic (exact) mass is 263 g/mol. The van der Waals surface area contributed by atoms with Gasteiger partial charge in [-0.2, -0.15) is 0 Å². The van der Waals surface area contributed by atoms with Gasteiger partial charge in [-0.05, 0) is 17.7 Å². The Kier molecular flexibility index (Phi) is 5.21. The molecule has 0 atom stereocenters. The van der Waals surface area contributed by atoms with E-state index < -0.39 is 11.9 Å². The number of likely N-dealkylation sites (N-methyl/N-ethyl adjacent to an activating group) is 1. The zero-order valence-electron chi connectivity index (χ0n) is 10.2. The van der Waals surface area contributed by atoms with Crippen LogP contribution in [0, 0.1) is 0 Å². The van der Waals surface area contributed by atoms with Gasteiger partial charge in [0.2, 0.25) is 5.91 Å². The number of rotatable bonds is 5. The van der Waals surface area contributed by atoms with Crippen molar-refractivity contribution in [2.24, 2.45) is 0 Å². The van der Waals surface area contributed by atoms with Crippen molar-refractivity contribution in [1.82, 2.24) is 15.6 Å². The summed E-state index contributed by atoms with van der Waals surface area (Å²) in [6.07, 6.45) is 5.03. The average molecular weight is 263 g/mol. The lowest BCUT2D eigenvalue weighted by Crippen LogP contribution is -2.35. The summed E-state index contributed by atoms with van der Waals surface area (Å²) in [5.41, 5.74) is 0.728. The molecule has 0 radical (unpaired) electrons. The van der Waals surface area contributed by atoms with Crippen molar-refractivity contribution >= 4 is 23.9 Å². The van der Waals surface area contributed by atoms with E-state index in [1.165, 1.54) is 31.6 Å². The number of aromatic nitrogens is 1. The Bertz CT molecular complexity index is 525. The molecule has 1 rings (SSSR count). The molecule has 1 aromatic rings. The average Bonchev–Trinajstić information content (AvgIpc) is 2.42. The zero-order valence-corrected chi connectivity index (χ0v) is 10.2. The summed E-state index contributed by atoms with van der Waals surface area (Å²) < 4.78 is 0. The highest BCUT2D eigenvalue weighted by Gasteiger charge is 2.07. The minimum absolute atomic E-state index is 0.134. The fraction of sp³-hybridized carbons (Fsp3) is 0.167. The summed E-state index contributed by atoms with van der Waals surface area (Å²) >= 11 is 0. The number of carbonyl (C=O) groups is 3. The molecular weight excluding hydrogens is 250 g/mol. The molecular formula is C12H13N3O4. The van der Waals surface area contributed by atoms with Crippen LogP contribution in [-0.2, 0) is 9.59 Å². The molecule has 0 spiro atoms. The molecule has 0 saturated carbocycles. The highest BCUT2D eigenvalue weighted by Crippen LogP contribution is 2.04. The number of aliphatic carboxylic acids is 1. The lowest BCUT2D eigenvalue weighted by Gasteiger charge is -2.04. The number of hydrogen-bond donors (Lipinski definition) is 3. The number of pyridine rings is 1. The van der Waals surface area contributed by atoms with E-state index in [1.807, 2.05) is 0 Å². The van der Waals surface area contributed by atoms with Crippen LogP contribution >= 0.6 is 0 Å². The Labute approximate surface area is 109 Å². The van der Waals surface area contributed by atoms with Crippen LogP contribution in [-0.4, -0.2) is 41.5 Å². The van der Waals surface area contributed by atoms with Crippen molar-refractivity contribution in [2.75, 3.05) is 13.6 Å². The van der Waals surface area contributed by atoms with E-state index in [2.05, 4.69) is 15.6 Å². The molecule has 0 aliphatic heterocycles. The Hall–Kier alpha value is -2.70. The van der Waals surface area contributed by atoms with Crippen LogP contribution in [0.15, 0.2) is 24.5 Å². The third-order valence-corrected chi connectivity index (χ3v) is 2.13. The van der Waals surface area contributed by atoms with E-state index in [0.29, 0.717) is 5.56 Å². The maximum atomic E-state index is 11.7. The molecule has 2 amide bonds. The first-order valence-electron chi connectivity index (χ1n) is 5.37. The number of hydrogen-bond acceptors (Lipinski definition) is 4. The summed E-state index contributed by atoms with van der Waals surface area (Å²) in [6.45, 7) is -0.134. The molecule has 7 nitrogen and oxygen atoms in total. The Morgan fingerprint density at radius 3 is 2.74 bits per heavy atom. The predicted octanol–water partition coefficient (Wildman–Crippen LogP) is -0.345. The van der Waals surface area contributed by atoms with Gasteiger partial charge in [0.15, 0.2) is 0 Å². The molecule has 0 saturated heterocycles. The van der Waals surface area contributed by atoms with E-state index in [9.17, 15) is 14.4 Å². The number of carboxylic acid groups (broad SMARTS) is 1. The zero-order chi connectivity index (χ0) is 14.3. The molecule has 0 fully saturated rings. The number of carbonyl (C=O) groups excluding carboxylic acids is 2. The number of nitrogens with one attached hydrogen (secondary N) is 2. The van der Waals surface area contributed by atoms with E-state index in [0.717, 1.165) is 6.08 Å². The first kappa shape index (κ1) is 14.4. The second kappa shape index (κ2) is 6.90. The van der Waals surface area contributed by atoms with Gasteiger partial charge in [0, 0.05) is 25.5 Å². The molecule has 1 aromatic heterocycles. The topological polar surface area (TPSA) is 108 Å². The lowest BCUT2D eigenvalue weighted by atomic mass is 10.2. The minimum Gasteiger partial charge on any atom is -0.478 e. The summed E-state index contributed by atoms with van der Waals surface area (Å²) in [5.74, 6) is -1.86. The van der Waals surface area contributed by atoms with Gasteiger partial charge < -0.3 is 15.7 Å². The molecule has 19 heavy (non-hydrogen) atoms. The van der Waals surface area contributed by atoms with Gasteiger partial charge in [-0.25, -0.2) is 4.79 Å². The molecule has 3 N–H and O–H groups in total. The van der Waals surface area contributed by atoms with Crippen LogP contribution in [0.25, 0.3) is 6.08 Å². The summed E-state index contributed by atoms with van der Waals surface area (Å²) in [6, 6.07) is 1.48. The summed E-state index contributed by atoms with van der Waals surface area (Å²) in [4.78, 5) is 36.9. The van der Waals surface area contributed by atoms with Gasteiger partial charge in [0.1, 0.15) is 0 Å². The van der Waals surface area contributed by atoms with Gasteiger partial charge in [-0.3, -0.25) is 14.6 Å². The van der Waals surface area contributed by atoms with E-state index in [1.54, 1.807) is 0 Å². The second-order valence-electron chi connectivity index (χ2n) is 3.53. The smallest absolute Gasteiger partial charge is 0.328 e. The van der Waals surface area contributed by atoms with Gasteiger partial charge in [-0.15, -0.1) is 0 Å². The Morgan fingerprint density at radius 2 is 2.11 bits per heavy atom. The van der Waals surface area contributed by atoms with E-state index in [4.69, 9.17) is 5.11 Å². The van der Waals surface area contributed by atoms with E-state index in [-0.39, 0.29) is 18.0 Å². The fourth-order valence-corrected chi connectivity index (χ4v) is 1.19. The van der Waals surface area contributed by atoms with Crippen LogP contribution in [0.4, 0.5) is 0 Å². The molecule has 0 aliphatic rings. The largest absolute Gasteiger partial charge is 0.478 e. The molecule has 100 valence electrons. The molecule has 0 aliphatic carbocycles. The van der Waals surface area contributed by atoms with Crippen molar-refractivity contribution in [1.29, 1.82) is 0 Å². The molecule has 0 unspecified atom stereocenters. The predicted molar refractivity (Wildman–Crippen MR) is 67.3 cm³/mol. The van der Waals surface area contributed by atoms with Crippen LogP contribution < -0.4 is 10.6 Å². The van der Waals surface area contributed by atoms with Crippen molar-refractivity contribution in [3.05, 3.63) is 35.7 Å². The maximum Gasteiger partial charge on any atom is 0.328 e. The number of carboxylic acids is 1. The molecule has 0 aromatic carbocycles. The van der Waals surface area contributed by atoms with Gasteiger partial charge in [-0.1, -0.05) is 0 Å². The van der Waals surface area contributed by atoms with Crippen molar-refractivity contribution in [2.45, 2.75) is 0 Å². The second-order valence-corrected chi connectivity index (χ2v) is 3.53. The number of amides is 2. The molecule has 1 heterocycles. The first-order chi connectivity index (χ1) is 9.02. The van der Waals surface area contributed by atoms with Crippen molar-refractivity contribution in [3.8, 4) is 0 Å². The Balaban J connectivity index is 2.73. The summed E-state index contributed by atoms with van der Waals surface area (Å²) in [7, 11) is 1.47. The summed E-state index contributed by atoms with van der Waals surface area (Å²) in [5, 5.41) is 13.3.